The second-order valence-electron chi connectivity index (χ2n) is 0.289. The van der Waals surface area contributed by atoms with Gasteiger partial charge in [-0.3, -0.25) is 0 Å². The molecule has 0 fully saturated rings. The molecule has 1 heteroatoms. The van der Waals surface area contributed by atoms with Crippen LogP contribution < -0.4 is 0 Å². The molecule has 0 heterocycles. The molecular weight excluding hydrogens is 50.0 g/mol. The Hall–Kier alpha value is -0.770. The fourth-order valence-electron chi connectivity index (χ4n) is 0. The Bertz CT molecular complexity index is 48.8. The first kappa shape index (κ1) is 3.23. The summed E-state index contributed by atoms with van der Waals surface area (Å²) in [6.45, 7) is 2.99. The molecule has 1 nitrogen and oxygen atoms in total. The molecular formula is C3H2N. The highest BCUT2D eigenvalue weighted by molar-refractivity contribution is 4.83. The van der Waals surface area contributed by atoms with E-state index < -0.39 is 0 Å². The molecule has 0 aliphatic rings. The van der Waals surface area contributed by atoms with Crippen molar-refractivity contribution in [3.63, 3.8) is 0 Å². The summed E-state index contributed by atoms with van der Waals surface area (Å²) in [5.41, 5.74) is 0. The lowest BCUT2D eigenvalue weighted by molar-refractivity contribution is 1.53. The number of hydrogen-bond donors (Lipinski definition) is 0. The molecule has 0 aromatic heterocycles. The van der Waals surface area contributed by atoms with E-state index in [0.717, 1.165) is 0 Å². The summed E-state index contributed by atoms with van der Waals surface area (Å²) >= 11 is 0. The molecule has 4 heavy (non-hydrogen) atoms. The smallest absolute Gasteiger partial charge is 0.0999 e. The summed E-state index contributed by atoms with van der Waals surface area (Å²) in [6, 6.07) is 1.57. The molecule has 0 atom stereocenters. The van der Waals surface area contributed by atoms with E-state index in [2.05, 4.69) is 6.58 Å². The number of hydrogen-bond acceptors (Lipinski definition) is 1. The third kappa shape index (κ3) is 1.23. The Morgan fingerprint density at radius 2 is 2.00 bits per heavy atom. The molecule has 0 aliphatic carbocycles. The van der Waals surface area contributed by atoms with Crippen LogP contribution in [0, 0.1) is 17.4 Å². The van der Waals surface area contributed by atoms with Crippen molar-refractivity contribution < 1.29 is 0 Å². The average Bonchev–Trinajstić information content (AvgIpc) is 1.37. The van der Waals surface area contributed by atoms with Crippen molar-refractivity contribution in [2.45, 2.75) is 0 Å². The second kappa shape index (κ2) is 2.23. The summed E-state index contributed by atoms with van der Waals surface area (Å²) in [6.07, 6.45) is 1.99. The van der Waals surface area contributed by atoms with Crippen molar-refractivity contribution in [2.24, 2.45) is 0 Å². The topological polar surface area (TPSA) is 23.8 Å². The van der Waals surface area contributed by atoms with Crippen molar-refractivity contribution >= 4 is 0 Å². The predicted molar refractivity (Wildman–Crippen MR) is 14.5 cm³/mol. The number of nitrogens with zero attached hydrogens (tertiary/aromatic N) is 1. The zero-order chi connectivity index (χ0) is 3.41. The van der Waals surface area contributed by atoms with Crippen LogP contribution in [0.3, 0.4) is 0 Å². The minimum Gasteiger partial charge on any atom is -0.192 e. The molecule has 0 aliphatic heterocycles. The Morgan fingerprint density at radius 1 is 1.75 bits per heavy atom. The van der Waals surface area contributed by atoms with E-state index in [1.165, 1.54) is 0 Å². The first-order chi connectivity index (χ1) is 1.91. The molecule has 0 aromatic carbocycles. The van der Waals surface area contributed by atoms with E-state index in [0.29, 0.717) is 0 Å². The molecule has 0 N–H and O–H groups in total. The summed E-state index contributed by atoms with van der Waals surface area (Å²) in [5.74, 6) is 0. The molecule has 19 valence electrons. The van der Waals surface area contributed by atoms with Crippen LogP contribution in [0.4, 0.5) is 0 Å². The lowest BCUT2D eigenvalue weighted by Crippen LogP contribution is -1.26. The van der Waals surface area contributed by atoms with E-state index in [1.54, 1.807) is 6.07 Å². The molecule has 0 unspecified atom stereocenters. The molecule has 0 rings (SSSR count). The van der Waals surface area contributed by atoms with E-state index in [9.17, 15) is 0 Å². The van der Waals surface area contributed by atoms with E-state index in [4.69, 9.17) is 5.26 Å². The second-order valence-corrected chi connectivity index (χ2v) is 0.289. The van der Waals surface area contributed by atoms with Gasteiger partial charge < -0.3 is 0 Å². The van der Waals surface area contributed by atoms with Crippen molar-refractivity contribution in [2.75, 3.05) is 0 Å². The van der Waals surface area contributed by atoms with Crippen LogP contribution in [0.25, 0.3) is 0 Å². The SMILES string of the molecule is C=[C]C#N. The fraction of sp³-hybridized carbons (Fsp3) is 0. The van der Waals surface area contributed by atoms with Gasteiger partial charge in [0.25, 0.3) is 0 Å². The first-order valence-corrected chi connectivity index (χ1v) is 0.827. The van der Waals surface area contributed by atoms with Gasteiger partial charge in [-0.15, -0.1) is 0 Å². The lowest BCUT2D eigenvalue weighted by Gasteiger charge is -1.28. The summed E-state index contributed by atoms with van der Waals surface area (Å²) in [5, 5.41) is 7.45. The third-order valence-electron chi connectivity index (χ3n) is 0.0791. The Labute approximate surface area is 25.2 Å². The zero-order valence-corrected chi connectivity index (χ0v) is 2.15. The molecule has 0 saturated carbocycles. The Morgan fingerprint density at radius 3 is 2.00 bits per heavy atom. The van der Waals surface area contributed by atoms with Gasteiger partial charge in [0.1, 0.15) is 0 Å². The lowest BCUT2D eigenvalue weighted by atomic mass is 10.8. The van der Waals surface area contributed by atoms with Gasteiger partial charge in [-0.2, -0.15) is 5.26 Å². The largest absolute Gasteiger partial charge is 0.192 e. The molecule has 0 spiro atoms. The van der Waals surface area contributed by atoms with Crippen molar-refractivity contribution in [3.05, 3.63) is 12.7 Å². The fourth-order valence-corrected chi connectivity index (χ4v) is 0. The van der Waals surface area contributed by atoms with Crippen LogP contribution in [-0.2, 0) is 0 Å². The minimum atomic E-state index is 1.57. The van der Waals surface area contributed by atoms with Crippen molar-refractivity contribution in [3.8, 4) is 6.07 Å². The van der Waals surface area contributed by atoms with Gasteiger partial charge in [0.05, 0.1) is 12.1 Å². The van der Waals surface area contributed by atoms with Crippen LogP contribution in [0.2, 0.25) is 0 Å². The maximum atomic E-state index is 7.45. The van der Waals surface area contributed by atoms with Crippen LogP contribution >= 0.6 is 0 Å². The zero-order valence-electron chi connectivity index (χ0n) is 2.15. The maximum Gasteiger partial charge on any atom is 0.0999 e. The first-order valence-electron chi connectivity index (χ1n) is 0.827. The van der Waals surface area contributed by atoms with Crippen LogP contribution in [0.15, 0.2) is 6.58 Å². The number of rotatable bonds is 0. The molecule has 0 amide bonds. The molecule has 0 aromatic rings. The van der Waals surface area contributed by atoms with Gasteiger partial charge in [-0.1, -0.05) is 6.58 Å². The summed E-state index contributed by atoms with van der Waals surface area (Å²) in [7, 11) is 0. The minimum absolute atomic E-state index is 1.57. The van der Waals surface area contributed by atoms with Crippen LogP contribution in [0.1, 0.15) is 0 Å². The maximum absolute atomic E-state index is 7.45. The predicted octanol–water partition coefficient (Wildman–Crippen LogP) is 0.499. The van der Waals surface area contributed by atoms with E-state index in [-0.39, 0.29) is 0 Å². The van der Waals surface area contributed by atoms with E-state index >= 15 is 0 Å². The van der Waals surface area contributed by atoms with Gasteiger partial charge in [-0.25, -0.2) is 0 Å². The van der Waals surface area contributed by atoms with Gasteiger partial charge in [0, 0.05) is 0 Å². The summed E-state index contributed by atoms with van der Waals surface area (Å²) in [4.78, 5) is 0. The van der Waals surface area contributed by atoms with Gasteiger partial charge >= 0.3 is 0 Å². The Balaban J connectivity index is 2.92. The highest BCUT2D eigenvalue weighted by Crippen LogP contribution is 1.38. The highest BCUT2D eigenvalue weighted by atomic mass is 14.2. The van der Waals surface area contributed by atoms with Gasteiger partial charge in [0.2, 0.25) is 0 Å². The Kier molecular flexibility index (Phi) is 1.80. The summed E-state index contributed by atoms with van der Waals surface area (Å²) < 4.78 is 0. The molecule has 0 saturated heterocycles. The molecule has 1 radical (unpaired) electrons. The number of nitriles is 1. The highest BCUT2D eigenvalue weighted by Gasteiger charge is 1.36. The number of allylic oxidation sites excluding steroid dienone is 1. The monoisotopic (exact) mass is 52.0 g/mol. The van der Waals surface area contributed by atoms with Crippen molar-refractivity contribution in [1.29, 1.82) is 5.26 Å². The van der Waals surface area contributed by atoms with Crippen LogP contribution in [0.5, 0.6) is 0 Å². The normalized spacial score (nSPS) is 3.75. The van der Waals surface area contributed by atoms with E-state index in [1.807, 2.05) is 6.08 Å². The average molecular weight is 52.1 g/mol. The van der Waals surface area contributed by atoms with Gasteiger partial charge in [0.15, 0.2) is 0 Å². The standard InChI is InChI=1S/C3H2N/c1-2-3-4/h1H2. The van der Waals surface area contributed by atoms with Gasteiger partial charge in [-0.05, 0) is 0 Å². The quantitative estimate of drug-likeness (QED) is 0.368. The third-order valence-corrected chi connectivity index (χ3v) is 0.0791. The molecule has 0 bridgehead atoms. The van der Waals surface area contributed by atoms with Crippen LogP contribution in [-0.4, -0.2) is 0 Å². The van der Waals surface area contributed by atoms with Crippen molar-refractivity contribution in [1.82, 2.24) is 0 Å².